The molecule has 2 aliphatic rings. The summed E-state index contributed by atoms with van der Waals surface area (Å²) in [4.78, 5) is 38.8. The molecule has 1 heterocycles. The standard InChI is InChI=1S/C22H31N3O3/c1-3-7-16-10-12-17(13-11-16)22(2)20(27)25(21(28)24-22)15-14-19(26)23-18-8-5-4-6-9-18/h10-13,18H,3-9,14-15H2,1-2H3,(H,23,26)(H,24,28). The fraction of sp³-hybridized carbons (Fsp3) is 0.591. The molecule has 6 nitrogen and oxygen atoms in total. The van der Waals surface area contributed by atoms with Crippen LogP contribution in [0.3, 0.4) is 0 Å². The molecule has 1 aliphatic heterocycles. The van der Waals surface area contributed by atoms with Crippen LogP contribution < -0.4 is 10.6 Å². The van der Waals surface area contributed by atoms with E-state index in [0.717, 1.165) is 44.1 Å². The van der Waals surface area contributed by atoms with E-state index in [1.165, 1.54) is 16.9 Å². The van der Waals surface area contributed by atoms with Gasteiger partial charge < -0.3 is 10.6 Å². The largest absolute Gasteiger partial charge is 0.353 e. The van der Waals surface area contributed by atoms with E-state index in [1.54, 1.807) is 6.92 Å². The van der Waals surface area contributed by atoms with Gasteiger partial charge in [-0.2, -0.15) is 0 Å². The molecule has 0 spiro atoms. The number of urea groups is 1. The van der Waals surface area contributed by atoms with Crippen molar-refractivity contribution in [3.05, 3.63) is 35.4 Å². The molecule has 1 aromatic carbocycles. The number of amides is 4. The molecule has 3 rings (SSSR count). The number of rotatable bonds is 7. The molecular weight excluding hydrogens is 354 g/mol. The first kappa shape index (κ1) is 20.4. The minimum atomic E-state index is -1.08. The Bertz CT molecular complexity index is 725. The average molecular weight is 386 g/mol. The second-order valence-corrected chi connectivity index (χ2v) is 8.11. The van der Waals surface area contributed by atoms with E-state index in [4.69, 9.17) is 0 Å². The Hall–Kier alpha value is -2.37. The number of benzene rings is 1. The van der Waals surface area contributed by atoms with Crippen LogP contribution >= 0.6 is 0 Å². The monoisotopic (exact) mass is 385 g/mol. The van der Waals surface area contributed by atoms with E-state index >= 15 is 0 Å². The number of hydrogen-bond donors (Lipinski definition) is 2. The summed E-state index contributed by atoms with van der Waals surface area (Å²) in [6.07, 6.45) is 7.74. The van der Waals surface area contributed by atoms with Crippen LogP contribution in [0.15, 0.2) is 24.3 Å². The SMILES string of the molecule is CCCc1ccc(C2(C)NC(=O)N(CCC(=O)NC3CCCCC3)C2=O)cc1. The fourth-order valence-electron chi connectivity index (χ4n) is 4.15. The third-order valence-corrected chi connectivity index (χ3v) is 5.88. The summed E-state index contributed by atoms with van der Waals surface area (Å²) in [5, 5.41) is 5.84. The number of nitrogens with zero attached hydrogens (tertiary/aromatic N) is 1. The molecule has 6 heteroatoms. The molecular formula is C22H31N3O3. The van der Waals surface area contributed by atoms with E-state index in [-0.39, 0.29) is 30.8 Å². The molecule has 1 aromatic rings. The summed E-state index contributed by atoms with van der Waals surface area (Å²) >= 11 is 0. The zero-order chi connectivity index (χ0) is 20.1. The van der Waals surface area contributed by atoms with Gasteiger partial charge in [-0.15, -0.1) is 0 Å². The predicted molar refractivity (Wildman–Crippen MR) is 108 cm³/mol. The Kier molecular flexibility index (Phi) is 6.37. The first-order valence-corrected chi connectivity index (χ1v) is 10.5. The quantitative estimate of drug-likeness (QED) is 0.707. The second-order valence-electron chi connectivity index (χ2n) is 8.11. The van der Waals surface area contributed by atoms with Crippen molar-refractivity contribution in [2.45, 2.75) is 76.8 Å². The van der Waals surface area contributed by atoms with Crippen molar-refractivity contribution in [1.82, 2.24) is 15.5 Å². The maximum Gasteiger partial charge on any atom is 0.325 e. The van der Waals surface area contributed by atoms with Crippen molar-refractivity contribution in [3.63, 3.8) is 0 Å². The number of carbonyl (C=O) groups excluding carboxylic acids is 3. The van der Waals surface area contributed by atoms with Crippen molar-refractivity contribution < 1.29 is 14.4 Å². The summed E-state index contributed by atoms with van der Waals surface area (Å²) in [5.74, 6) is -0.392. The number of carbonyl (C=O) groups is 3. The van der Waals surface area contributed by atoms with E-state index in [2.05, 4.69) is 17.6 Å². The van der Waals surface area contributed by atoms with E-state index in [1.807, 2.05) is 24.3 Å². The Morgan fingerprint density at radius 2 is 1.86 bits per heavy atom. The van der Waals surface area contributed by atoms with Gasteiger partial charge in [0.25, 0.3) is 5.91 Å². The average Bonchev–Trinajstić information content (AvgIpc) is 2.91. The molecule has 1 saturated heterocycles. The molecule has 1 saturated carbocycles. The van der Waals surface area contributed by atoms with Crippen LogP contribution in [0, 0.1) is 0 Å². The third kappa shape index (κ3) is 4.37. The topological polar surface area (TPSA) is 78.5 Å². The predicted octanol–water partition coefficient (Wildman–Crippen LogP) is 3.25. The lowest BCUT2D eigenvalue weighted by molar-refractivity contribution is -0.131. The van der Waals surface area contributed by atoms with Crippen molar-refractivity contribution >= 4 is 17.8 Å². The van der Waals surface area contributed by atoms with E-state index in [9.17, 15) is 14.4 Å². The first-order chi connectivity index (χ1) is 13.4. The Morgan fingerprint density at radius 1 is 1.18 bits per heavy atom. The molecule has 0 aromatic heterocycles. The minimum absolute atomic E-state index is 0.0926. The van der Waals surface area contributed by atoms with Crippen molar-refractivity contribution in [3.8, 4) is 0 Å². The molecule has 0 radical (unpaired) electrons. The molecule has 1 aliphatic carbocycles. The van der Waals surface area contributed by atoms with Crippen LogP contribution in [0.1, 0.15) is 69.9 Å². The third-order valence-electron chi connectivity index (χ3n) is 5.88. The smallest absolute Gasteiger partial charge is 0.325 e. The lowest BCUT2D eigenvalue weighted by atomic mass is 9.91. The highest BCUT2D eigenvalue weighted by Crippen LogP contribution is 2.29. The summed E-state index contributed by atoms with van der Waals surface area (Å²) in [5.41, 5.74) is 0.893. The van der Waals surface area contributed by atoms with Gasteiger partial charge in [0, 0.05) is 19.0 Å². The van der Waals surface area contributed by atoms with Gasteiger partial charge in [0.05, 0.1) is 0 Å². The highest BCUT2D eigenvalue weighted by molar-refractivity contribution is 6.07. The van der Waals surface area contributed by atoms with Gasteiger partial charge in [0.2, 0.25) is 5.91 Å². The van der Waals surface area contributed by atoms with Gasteiger partial charge in [-0.05, 0) is 37.3 Å². The number of hydrogen-bond acceptors (Lipinski definition) is 3. The molecule has 2 N–H and O–H groups in total. The number of imide groups is 1. The normalized spacial score (nSPS) is 23.0. The number of aryl methyl sites for hydroxylation is 1. The van der Waals surface area contributed by atoms with Gasteiger partial charge in [0.15, 0.2) is 0 Å². The van der Waals surface area contributed by atoms with E-state index in [0.29, 0.717) is 0 Å². The molecule has 4 amide bonds. The first-order valence-electron chi connectivity index (χ1n) is 10.5. The Balaban J connectivity index is 1.60. The molecule has 0 bridgehead atoms. The molecule has 1 unspecified atom stereocenters. The molecule has 1 atom stereocenters. The zero-order valence-corrected chi connectivity index (χ0v) is 16.9. The lowest BCUT2D eigenvalue weighted by Gasteiger charge is -2.24. The fourth-order valence-corrected chi connectivity index (χ4v) is 4.15. The van der Waals surface area contributed by atoms with Crippen molar-refractivity contribution in [2.75, 3.05) is 6.54 Å². The molecule has 152 valence electrons. The van der Waals surface area contributed by atoms with Crippen LogP contribution in [0.25, 0.3) is 0 Å². The summed E-state index contributed by atoms with van der Waals surface area (Å²) in [7, 11) is 0. The minimum Gasteiger partial charge on any atom is -0.353 e. The number of nitrogens with one attached hydrogen (secondary N) is 2. The molecule has 2 fully saturated rings. The van der Waals surface area contributed by atoms with Gasteiger partial charge >= 0.3 is 6.03 Å². The second kappa shape index (κ2) is 8.76. The van der Waals surface area contributed by atoms with E-state index < -0.39 is 11.6 Å². The van der Waals surface area contributed by atoms with Crippen LogP contribution in [-0.4, -0.2) is 35.3 Å². The lowest BCUT2D eigenvalue weighted by Crippen LogP contribution is -2.42. The zero-order valence-electron chi connectivity index (χ0n) is 16.9. The molecule has 28 heavy (non-hydrogen) atoms. The van der Waals surface area contributed by atoms with Gasteiger partial charge in [-0.3, -0.25) is 14.5 Å². The highest BCUT2D eigenvalue weighted by atomic mass is 16.2. The maximum atomic E-state index is 13.0. The summed E-state index contributed by atoms with van der Waals surface area (Å²) in [6, 6.07) is 7.62. The summed E-state index contributed by atoms with van der Waals surface area (Å²) < 4.78 is 0. The van der Waals surface area contributed by atoms with Crippen molar-refractivity contribution in [1.29, 1.82) is 0 Å². The summed E-state index contributed by atoms with van der Waals surface area (Å²) in [6.45, 7) is 3.95. The maximum absolute atomic E-state index is 13.0. The van der Waals surface area contributed by atoms with Crippen LogP contribution in [0.5, 0.6) is 0 Å². The van der Waals surface area contributed by atoms with Crippen LogP contribution in [-0.2, 0) is 21.5 Å². The van der Waals surface area contributed by atoms with Crippen LogP contribution in [0.2, 0.25) is 0 Å². The van der Waals surface area contributed by atoms with Crippen molar-refractivity contribution in [2.24, 2.45) is 0 Å². The Labute approximate surface area is 167 Å². The van der Waals surface area contributed by atoms with Gasteiger partial charge in [-0.1, -0.05) is 56.9 Å². The highest BCUT2D eigenvalue weighted by Gasteiger charge is 2.48. The Morgan fingerprint density at radius 3 is 2.50 bits per heavy atom. The van der Waals surface area contributed by atoms with Gasteiger partial charge in [0.1, 0.15) is 5.54 Å². The van der Waals surface area contributed by atoms with Crippen LogP contribution in [0.4, 0.5) is 4.79 Å². The van der Waals surface area contributed by atoms with Gasteiger partial charge in [-0.25, -0.2) is 4.79 Å².